The second kappa shape index (κ2) is 5.32. The number of anilines is 1. The minimum absolute atomic E-state index is 0.407. The Morgan fingerprint density at radius 2 is 2.06 bits per heavy atom. The molecule has 0 aliphatic heterocycles. The van der Waals surface area contributed by atoms with Crippen LogP contribution < -0.4 is 5.73 Å². The monoisotopic (exact) mass is 301 g/mol. The molecule has 2 nitrogen and oxygen atoms in total. The number of benzene rings is 1. The lowest BCUT2D eigenvalue weighted by atomic mass is 10.2. The first-order valence-corrected chi connectivity index (χ1v) is 7.75. The Morgan fingerprint density at radius 1 is 1.38 bits per heavy atom. The Labute approximate surface area is 107 Å². The summed E-state index contributed by atoms with van der Waals surface area (Å²) in [7, 11) is -0.734. The summed E-state index contributed by atoms with van der Waals surface area (Å²) in [5, 5.41) is 0.407. The van der Waals surface area contributed by atoms with Gasteiger partial charge in [0, 0.05) is 32.0 Å². The molecule has 4 heteroatoms. The maximum atomic E-state index is 12.1. The van der Waals surface area contributed by atoms with Gasteiger partial charge in [-0.05, 0) is 30.5 Å². The highest BCUT2D eigenvalue weighted by Crippen LogP contribution is 2.27. The quantitative estimate of drug-likeness (QED) is 0.871. The molecule has 1 aliphatic rings. The number of hydrogen-bond acceptors (Lipinski definition) is 2. The summed E-state index contributed by atoms with van der Waals surface area (Å²) in [5.41, 5.74) is 7.51. The SMILES string of the molecule is Nc1ccc(CS(=O)C2CCCC2)c(Br)c1. The summed E-state index contributed by atoms with van der Waals surface area (Å²) in [6.45, 7) is 0. The van der Waals surface area contributed by atoms with Crippen LogP contribution in [0.1, 0.15) is 31.2 Å². The van der Waals surface area contributed by atoms with Gasteiger partial charge in [0.2, 0.25) is 0 Å². The highest BCUT2D eigenvalue weighted by molar-refractivity contribution is 9.10. The van der Waals surface area contributed by atoms with Gasteiger partial charge in [-0.2, -0.15) is 0 Å². The number of halogens is 1. The third-order valence-corrected chi connectivity index (χ3v) is 5.60. The zero-order valence-electron chi connectivity index (χ0n) is 9.12. The molecule has 88 valence electrons. The zero-order valence-corrected chi connectivity index (χ0v) is 11.5. The summed E-state index contributed by atoms with van der Waals surface area (Å²) in [4.78, 5) is 0. The number of nitrogens with two attached hydrogens (primary N) is 1. The van der Waals surface area contributed by atoms with Crippen molar-refractivity contribution >= 4 is 32.4 Å². The Kier molecular flexibility index (Phi) is 4.03. The van der Waals surface area contributed by atoms with Crippen LogP contribution in [0.3, 0.4) is 0 Å². The average Bonchev–Trinajstić information content (AvgIpc) is 2.75. The average molecular weight is 302 g/mol. The molecule has 1 unspecified atom stereocenters. The Hall–Kier alpha value is -0.350. The molecule has 0 radical (unpaired) electrons. The van der Waals surface area contributed by atoms with Gasteiger partial charge in [-0.3, -0.25) is 4.21 Å². The van der Waals surface area contributed by atoms with Gasteiger partial charge < -0.3 is 5.73 Å². The third kappa shape index (κ3) is 2.86. The molecular weight excluding hydrogens is 286 g/mol. The van der Waals surface area contributed by atoms with E-state index in [4.69, 9.17) is 5.73 Å². The van der Waals surface area contributed by atoms with Crippen molar-refractivity contribution < 1.29 is 4.21 Å². The topological polar surface area (TPSA) is 43.1 Å². The molecule has 1 atom stereocenters. The van der Waals surface area contributed by atoms with Crippen molar-refractivity contribution in [2.24, 2.45) is 0 Å². The van der Waals surface area contributed by atoms with Crippen LogP contribution in [-0.2, 0) is 16.6 Å². The van der Waals surface area contributed by atoms with Gasteiger partial charge >= 0.3 is 0 Å². The molecule has 0 bridgehead atoms. The molecular formula is C12H16BrNOS. The number of hydrogen-bond donors (Lipinski definition) is 1. The molecule has 1 fully saturated rings. The summed E-state index contributed by atoms with van der Waals surface area (Å²) < 4.78 is 13.1. The molecule has 2 rings (SSSR count). The first-order valence-electron chi connectivity index (χ1n) is 5.58. The smallest absolute Gasteiger partial charge is 0.0499 e. The van der Waals surface area contributed by atoms with E-state index in [9.17, 15) is 4.21 Å². The van der Waals surface area contributed by atoms with E-state index < -0.39 is 10.8 Å². The van der Waals surface area contributed by atoms with Gasteiger partial charge in [0.05, 0.1) is 0 Å². The molecule has 1 aromatic carbocycles. The maximum absolute atomic E-state index is 12.1. The van der Waals surface area contributed by atoms with E-state index >= 15 is 0 Å². The fourth-order valence-corrected chi connectivity index (χ4v) is 4.48. The van der Waals surface area contributed by atoms with E-state index in [1.54, 1.807) is 0 Å². The highest BCUT2D eigenvalue weighted by Gasteiger charge is 2.21. The molecule has 0 saturated heterocycles. The van der Waals surface area contributed by atoms with E-state index in [0.29, 0.717) is 11.0 Å². The Bertz CT molecular complexity index is 402. The van der Waals surface area contributed by atoms with E-state index in [2.05, 4.69) is 15.9 Å². The largest absolute Gasteiger partial charge is 0.399 e. The standard InChI is InChI=1S/C12H16BrNOS/c13-12-7-10(14)6-5-9(12)8-16(15)11-3-1-2-4-11/h5-7,11H,1-4,8,14H2. The van der Waals surface area contributed by atoms with Crippen molar-refractivity contribution in [3.8, 4) is 0 Å². The van der Waals surface area contributed by atoms with Crippen LogP contribution in [0.15, 0.2) is 22.7 Å². The van der Waals surface area contributed by atoms with Gasteiger partial charge in [-0.25, -0.2) is 0 Å². The number of nitrogen functional groups attached to an aromatic ring is 1. The van der Waals surface area contributed by atoms with E-state index in [1.165, 1.54) is 12.8 Å². The summed E-state index contributed by atoms with van der Waals surface area (Å²) in [6, 6.07) is 5.71. The summed E-state index contributed by atoms with van der Waals surface area (Å²) in [6.07, 6.45) is 4.72. The molecule has 0 amide bonds. The minimum atomic E-state index is -0.734. The van der Waals surface area contributed by atoms with Crippen molar-refractivity contribution in [3.05, 3.63) is 28.2 Å². The molecule has 16 heavy (non-hydrogen) atoms. The summed E-state index contributed by atoms with van der Waals surface area (Å²) in [5.74, 6) is 0.644. The van der Waals surface area contributed by atoms with Crippen molar-refractivity contribution in [1.29, 1.82) is 0 Å². The normalized spacial score (nSPS) is 18.8. The second-order valence-electron chi connectivity index (χ2n) is 4.28. The van der Waals surface area contributed by atoms with Crippen molar-refractivity contribution in [1.82, 2.24) is 0 Å². The predicted molar refractivity (Wildman–Crippen MR) is 72.7 cm³/mol. The number of rotatable bonds is 3. The van der Waals surface area contributed by atoms with Crippen LogP contribution in [0, 0.1) is 0 Å². The fraction of sp³-hybridized carbons (Fsp3) is 0.500. The van der Waals surface area contributed by atoms with Crippen LogP contribution in [0.4, 0.5) is 5.69 Å². The van der Waals surface area contributed by atoms with E-state index in [-0.39, 0.29) is 0 Å². The fourth-order valence-electron chi connectivity index (χ4n) is 2.10. The molecule has 0 heterocycles. The Balaban J connectivity index is 2.05. The van der Waals surface area contributed by atoms with Crippen LogP contribution in [0.2, 0.25) is 0 Å². The van der Waals surface area contributed by atoms with Crippen LogP contribution in [0.5, 0.6) is 0 Å². The lowest BCUT2D eigenvalue weighted by molar-refractivity contribution is 0.668. The van der Waals surface area contributed by atoms with Crippen molar-refractivity contribution in [2.75, 3.05) is 5.73 Å². The molecule has 0 aromatic heterocycles. The predicted octanol–water partition coefficient (Wildman–Crippen LogP) is 3.22. The van der Waals surface area contributed by atoms with Gasteiger partial charge in [-0.1, -0.05) is 34.8 Å². The van der Waals surface area contributed by atoms with E-state index in [0.717, 1.165) is 28.6 Å². The van der Waals surface area contributed by atoms with Gasteiger partial charge in [0.15, 0.2) is 0 Å². The summed E-state index contributed by atoms with van der Waals surface area (Å²) >= 11 is 3.47. The molecule has 2 N–H and O–H groups in total. The molecule has 0 spiro atoms. The minimum Gasteiger partial charge on any atom is -0.399 e. The van der Waals surface area contributed by atoms with Crippen molar-refractivity contribution in [2.45, 2.75) is 36.7 Å². The highest BCUT2D eigenvalue weighted by atomic mass is 79.9. The van der Waals surface area contributed by atoms with Crippen LogP contribution in [-0.4, -0.2) is 9.46 Å². The lowest BCUT2D eigenvalue weighted by Crippen LogP contribution is -2.12. The van der Waals surface area contributed by atoms with Gasteiger partial charge in [0.25, 0.3) is 0 Å². The third-order valence-electron chi connectivity index (χ3n) is 3.05. The maximum Gasteiger partial charge on any atom is 0.0499 e. The van der Waals surface area contributed by atoms with Gasteiger partial charge in [-0.15, -0.1) is 0 Å². The van der Waals surface area contributed by atoms with Crippen LogP contribution in [0.25, 0.3) is 0 Å². The molecule has 1 saturated carbocycles. The zero-order chi connectivity index (χ0) is 11.5. The molecule has 1 aliphatic carbocycles. The lowest BCUT2D eigenvalue weighted by Gasteiger charge is -2.10. The second-order valence-corrected chi connectivity index (χ2v) is 6.85. The van der Waals surface area contributed by atoms with Crippen molar-refractivity contribution in [3.63, 3.8) is 0 Å². The first kappa shape index (κ1) is 12.1. The Morgan fingerprint density at radius 3 is 2.69 bits per heavy atom. The molecule has 1 aromatic rings. The van der Waals surface area contributed by atoms with E-state index in [1.807, 2.05) is 18.2 Å². The first-order chi connectivity index (χ1) is 7.66. The van der Waals surface area contributed by atoms with Gasteiger partial charge in [0.1, 0.15) is 0 Å². The van der Waals surface area contributed by atoms with Crippen LogP contribution >= 0.6 is 15.9 Å².